The normalized spacial score (nSPS) is 16.7. The van der Waals surface area contributed by atoms with E-state index in [2.05, 4.69) is 5.32 Å². The van der Waals surface area contributed by atoms with Crippen LogP contribution in [0.3, 0.4) is 0 Å². The molecule has 0 saturated heterocycles. The fourth-order valence-electron chi connectivity index (χ4n) is 2.74. The molecule has 6 heteroatoms. The monoisotopic (exact) mass is 389 g/mol. The molecule has 1 atom stereocenters. The van der Waals surface area contributed by atoms with Crippen molar-refractivity contribution in [3.63, 3.8) is 0 Å². The fourth-order valence-corrected chi connectivity index (χ4v) is 3.27. The first-order valence-corrected chi connectivity index (χ1v) is 8.84. The zero-order valence-electron chi connectivity index (χ0n) is 14.3. The van der Waals surface area contributed by atoms with Gasteiger partial charge in [-0.05, 0) is 43.2 Å². The van der Waals surface area contributed by atoms with Crippen LogP contribution in [-0.2, 0) is 14.3 Å². The van der Waals surface area contributed by atoms with Gasteiger partial charge in [-0.1, -0.05) is 41.4 Å². The molecular weight excluding hydrogens is 373 g/mol. The van der Waals surface area contributed by atoms with Crippen LogP contribution in [0, 0.1) is 13.8 Å². The molecular formula is C20H17Cl2NO3. The van der Waals surface area contributed by atoms with Crippen LogP contribution in [-0.4, -0.2) is 11.7 Å². The van der Waals surface area contributed by atoms with Crippen molar-refractivity contribution in [2.75, 3.05) is 5.32 Å². The number of aryl methyl sites for hydroxylation is 1. The number of nitrogens with one attached hydrogen (secondary N) is 1. The molecule has 1 aliphatic rings. The molecule has 3 rings (SSSR count). The van der Waals surface area contributed by atoms with Crippen molar-refractivity contribution in [2.24, 2.45) is 0 Å². The van der Waals surface area contributed by atoms with E-state index >= 15 is 0 Å². The third kappa shape index (κ3) is 3.92. The zero-order chi connectivity index (χ0) is 18.8. The van der Waals surface area contributed by atoms with Crippen molar-refractivity contribution >= 4 is 40.6 Å². The number of ketones is 1. The summed E-state index contributed by atoms with van der Waals surface area (Å²) in [6.07, 6.45) is 0.708. The second kappa shape index (κ2) is 7.52. The molecule has 1 amide bonds. The first-order valence-electron chi connectivity index (χ1n) is 8.09. The number of halogens is 2. The summed E-state index contributed by atoms with van der Waals surface area (Å²) in [5, 5.41) is 3.68. The third-order valence-corrected chi connectivity index (χ3v) is 4.90. The number of amides is 1. The highest BCUT2D eigenvalue weighted by molar-refractivity contribution is 6.35. The predicted octanol–water partition coefficient (Wildman–Crippen LogP) is 5.16. The second-order valence-electron chi connectivity index (χ2n) is 6.15. The lowest BCUT2D eigenvalue weighted by atomic mass is 10.0. The number of hydrogen-bond donors (Lipinski definition) is 1. The molecule has 2 aromatic carbocycles. The van der Waals surface area contributed by atoms with Gasteiger partial charge in [-0.3, -0.25) is 9.59 Å². The predicted molar refractivity (Wildman–Crippen MR) is 103 cm³/mol. The van der Waals surface area contributed by atoms with Crippen LogP contribution in [0.1, 0.15) is 29.2 Å². The minimum Gasteiger partial charge on any atom is -0.479 e. The Bertz CT molecular complexity index is 921. The van der Waals surface area contributed by atoms with Gasteiger partial charge in [-0.15, -0.1) is 0 Å². The molecule has 134 valence electrons. The summed E-state index contributed by atoms with van der Waals surface area (Å²) in [7, 11) is 0. The van der Waals surface area contributed by atoms with Gasteiger partial charge in [0.25, 0.3) is 5.91 Å². The maximum atomic E-state index is 12.6. The number of ether oxygens (including phenoxy) is 1. The van der Waals surface area contributed by atoms with E-state index in [1.807, 2.05) is 26.0 Å². The molecule has 0 fully saturated rings. The van der Waals surface area contributed by atoms with Crippen LogP contribution in [0.5, 0.6) is 0 Å². The third-order valence-electron chi connectivity index (χ3n) is 4.33. The average molecular weight is 390 g/mol. The average Bonchev–Trinajstić information content (AvgIpc) is 2.58. The van der Waals surface area contributed by atoms with Gasteiger partial charge in [-0.25, -0.2) is 0 Å². The Labute approximate surface area is 161 Å². The van der Waals surface area contributed by atoms with Crippen molar-refractivity contribution in [2.45, 2.75) is 26.4 Å². The van der Waals surface area contributed by atoms with Crippen LogP contribution in [0.25, 0.3) is 0 Å². The van der Waals surface area contributed by atoms with Gasteiger partial charge in [0.15, 0.2) is 11.5 Å². The van der Waals surface area contributed by atoms with Crippen LogP contribution in [0.4, 0.5) is 5.69 Å². The summed E-state index contributed by atoms with van der Waals surface area (Å²) in [5.74, 6) is -0.696. The lowest BCUT2D eigenvalue weighted by Crippen LogP contribution is -2.24. The molecule has 0 radical (unpaired) electrons. The Balaban J connectivity index is 1.82. The molecule has 0 spiro atoms. The second-order valence-corrected chi connectivity index (χ2v) is 7.00. The van der Waals surface area contributed by atoms with Gasteiger partial charge < -0.3 is 10.1 Å². The van der Waals surface area contributed by atoms with Gasteiger partial charge in [0, 0.05) is 27.4 Å². The number of benzene rings is 2. The number of allylic oxidation sites excluding steroid dienone is 1. The molecule has 0 aliphatic carbocycles. The maximum Gasteiger partial charge on any atom is 0.290 e. The van der Waals surface area contributed by atoms with Crippen LogP contribution in [0.2, 0.25) is 10.0 Å². The molecule has 0 aromatic heterocycles. The van der Waals surface area contributed by atoms with E-state index in [9.17, 15) is 9.59 Å². The minimum absolute atomic E-state index is 0.0295. The van der Waals surface area contributed by atoms with E-state index in [1.165, 1.54) is 6.08 Å². The van der Waals surface area contributed by atoms with Gasteiger partial charge in [-0.2, -0.15) is 0 Å². The molecule has 0 bridgehead atoms. The summed E-state index contributed by atoms with van der Waals surface area (Å²) < 4.78 is 5.77. The number of anilines is 1. The summed E-state index contributed by atoms with van der Waals surface area (Å²) in [6, 6.07) is 10.6. The minimum atomic E-state index is -0.628. The topological polar surface area (TPSA) is 55.4 Å². The summed E-state index contributed by atoms with van der Waals surface area (Å²) >= 11 is 12.1. The Kier molecular flexibility index (Phi) is 5.35. The number of carbonyl (C=O) groups is 2. The zero-order valence-corrected chi connectivity index (χ0v) is 15.8. The van der Waals surface area contributed by atoms with E-state index in [1.54, 1.807) is 24.3 Å². The van der Waals surface area contributed by atoms with Crippen LogP contribution < -0.4 is 5.32 Å². The highest BCUT2D eigenvalue weighted by Crippen LogP contribution is 2.34. The van der Waals surface area contributed by atoms with Crippen molar-refractivity contribution in [3.8, 4) is 0 Å². The standard InChI is InChI=1S/C20H17Cl2NO3/c1-11-4-3-5-17(12(11)2)23-20(25)19-10-14(24)9-18(26-19)15-7-6-13(21)8-16(15)22/h3-8,10,18H,9H2,1-2H3,(H,23,25)/t18-/m0/s1. The molecule has 0 saturated carbocycles. The molecule has 1 N–H and O–H groups in total. The Morgan fingerprint density at radius 3 is 2.69 bits per heavy atom. The Morgan fingerprint density at radius 2 is 1.96 bits per heavy atom. The van der Waals surface area contributed by atoms with Crippen molar-refractivity contribution in [1.29, 1.82) is 0 Å². The van der Waals surface area contributed by atoms with Gasteiger partial charge >= 0.3 is 0 Å². The highest BCUT2D eigenvalue weighted by atomic mass is 35.5. The van der Waals surface area contributed by atoms with Crippen molar-refractivity contribution < 1.29 is 14.3 Å². The molecule has 4 nitrogen and oxygen atoms in total. The van der Waals surface area contributed by atoms with Crippen molar-refractivity contribution in [1.82, 2.24) is 0 Å². The largest absolute Gasteiger partial charge is 0.479 e. The van der Waals surface area contributed by atoms with E-state index in [0.29, 0.717) is 21.3 Å². The SMILES string of the molecule is Cc1cccc(NC(=O)C2=CC(=O)C[C@@H](c3ccc(Cl)cc3Cl)O2)c1C. The summed E-state index contributed by atoms with van der Waals surface area (Å²) in [5.41, 5.74) is 3.32. The molecule has 1 heterocycles. The van der Waals surface area contributed by atoms with Gasteiger partial charge in [0.05, 0.1) is 6.42 Å². The van der Waals surface area contributed by atoms with Gasteiger partial charge in [0.2, 0.25) is 0 Å². The van der Waals surface area contributed by atoms with Crippen molar-refractivity contribution in [3.05, 3.63) is 75.0 Å². The number of hydrogen-bond acceptors (Lipinski definition) is 3. The smallest absolute Gasteiger partial charge is 0.290 e. The van der Waals surface area contributed by atoms with E-state index < -0.39 is 12.0 Å². The van der Waals surface area contributed by atoms with E-state index in [-0.39, 0.29) is 18.0 Å². The quantitative estimate of drug-likeness (QED) is 0.787. The fraction of sp³-hybridized carbons (Fsp3) is 0.200. The van der Waals surface area contributed by atoms with Crippen LogP contribution in [0.15, 0.2) is 48.2 Å². The first kappa shape index (κ1) is 18.5. The highest BCUT2D eigenvalue weighted by Gasteiger charge is 2.28. The molecule has 1 aliphatic heterocycles. The molecule has 0 unspecified atom stereocenters. The lowest BCUT2D eigenvalue weighted by Gasteiger charge is -2.24. The number of carbonyl (C=O) groups excluding carboxylic acids is 2. The van der Waals surface area contributed by atoms with E-state index in [0.717, 1.165) is 11.1 Å². The van der Waals surface area contributed by atoms with Crippen LogP contribution >= 0.6 is 23.2 Å². The molecule has 2 aromatic rings. The Hall–Kier alpha value is -2.30. The Morgan fingerprint density at radius 1 is 1.19 bits per heavy atom. The summed E-state index contributed by atoms with van der Waals surface area (Å²) in [6.45, 7) is 3.88. The summed E-state index contributed by atoms with van der Waals surface area (Å²) in [4.78, 5) is 24.7. The number of rotatable bonds is 3. The maximum absolute atomic E-state index is 12.6. The van der Waals surface area contributed by atoms with Gasteiger partial charge in [0.1, 0.15) is 6.10 Å². The lowest BCUT2D eigenvalue weighted by molar-refractivity contribution is -0.124. The molecule has 26 heavy (non-hydrogen) atoms. The van der Waals surface area contributed by atoms with E-state index in [4.69, 9.17) is 27.9 Å². The first-order chi connectivity index (χ1) is 12.3.